The second kappa shape index (κ2) is 5.22. The summed E-state index contributed by atoms with van der Waals surface area (Å²) >= 11 is 1.46. The minimum absolute atomic E-state index is 0.409. The van der Waals surface area contributed by atoms with Gasteiger partial charge in [0.05, 0.1) is 11.9 Å². The quantitative estimate of drug-likeness (QED) is 0.865. The zero-order valence-electron chi connectivity index (χ0n) is 9.20. The Morgan fingerprint density at radius 2 is 2.18 bits per heavy atom. The van der Waals surface area contributed by atoms with Crippen LogP contribution in [0.4, 0.5) is 20.5 Å². The number of nitrogens with zero attached hydrogens (tertiary/aromatic N) is 2. The van der Waals surface area contributed by atoms with Gasteiger partial charge in [-0.2, -0.15) is 4.98 Å². The number of nitrogens with one attached hydrogen (secondary N) is 2. The highest BCUT2D eigenvalue weighted by atomic mass is 32.1. The van der Waals surface area contributed by atoms with E-state index in [2.05, 4.69) is 20.6 Å². The van der Waals surface area contributed by atoms with Crippen LogP contribution in [-0.4, -0.2) is 29.5 Å². The molecule has 92 valence electrons. The first-order valence-electron chi connectivity index (χ1n) is 5.22. The number of alkyl halides is 2. The summed E-state index contributed by atoms with van der Waals surface area (Å²) in [7, 11) is 0. The number of fused-ring (bicyclic) bond motifs is 1. The number of halogens is 2. The molecule has 0 aromatic carbocycles. The van der Waals surface area contributed by atoms with Crippen LogP contribution in [0.25, 0.3) is 10.2 Å². The van der Waals surface area contributed by atoms with Crippen LogP contribution in [0.15, 0.2) is 11.4 Å². The van der Waals surface area contributed by atoms with E-state index < -0.39 is 13.0 Å². The van der Waals surface area contributed by atoms with Gasteiger partial charge in [-0.1, -0.05) is 0 Å². The molecule has 0 radical (unpaired) electrons. The number of thiophene rings is 1. The van der Waals surface area contributed by atoms with E-state index in [1.54, 1.807) is 0 Å². The molecule has 0 bridgehead atoms. The van der Waals surface area contributed by atoms with Crippen molar-refractivity contribution in [1.82, 2.24) is 9.97 Å². The molecular formula is C10H12F2N4S. The summed E-state index contributed by atoms with van der Waals surface area (Å²) in [6.45, 7) is 2.20. The predicted octanol–water partition coefficient (Wildman–Crippen LogP) is 2.80. The first-order valence-corrected chi connectivity index (χ1v) is 6.09. The van der Waals surface area contributed by atoms with E-state index >= 15 is 0 Å². The van der Waals surface area contributed by atoms with Crippen LogP contribution in [-0.2, 0) is 0 Å². The van der Waals surface area contributed by atoms with E-state index in [-0.39, 0.29) is 0 Å². The van der Waals surface area contributed by atoms with E-state index in [1.165, 1.54) is 11.3 Å². The van der Waals surface area contributed by atoms with E-state index in [0.29, 0.717) is 18.3 Å². The average molecular weight is 258 g/mol. The summed E-state index contributed by atoms with van der Waals surface area (Å²) in [4.78, 5) is 9.24. The molecule has 0 aliphatic carbocycles. The van der Waals surface area contributed by atoms with Crippen molar-refractivity contribution in [2.24, 2.45) is 0 Å². The summed E-state index contributed by atoms with van der Waals surface area (Å²) in [6, 6.07) is 1.82. The Labute approximate surface area is 101 Å². The molecular weight excluding hydrogens is 246 g/mol. The highest BCUT2D eigenvalue weighted by molar-refractivity contribution is 7.16. The first kappa shape index (κ1) is 12.0. The lowest BCUT2D eigenvalue weighted by Crippen LogP contribution is -2.12. The fourth-order valence-corrected chi connectivity index (χ4v) is 2.17. The summed E-state index contributed by atoms with van der Waals surface area (Å²) in [6.07, 6.45) is -2.40. The topological polar surface area (TPSA) is 49.8 Å². The SMILES string of the molecule is CCNc1nc(NCC(F)F)c2ccsc2n1. The van der Waals surface area contributed by atoms with E-state index in [4.69, 9.17) is 0 Å². The van der Waals surface area contributed by atoms with Gasteiger partial charge in [-0.3, -0.25) is 0 Å². The van der Waals surface area contributed by atoms with Crippen molar-refractivity contribution in [3.05, 3.63) is 11.4 Å². The van der Waals surface area contributed by atoms with Crippen LogP contribution < -0.4 is 10.6 Å². The normalized spacial score (nSPS) is 11.1. The van der Waals surface area contributed by atoms with Crippen molar-refractivity contribution >= 4 is 33.3 Å². The standard InChI is InChI=1S/C10H12F2N4S/c1-2-13-10-15-8(14-5-7(11)12)6-3-4-17-9(6)16-10/h3-4,7H,2,5H2,1H3,(H2,13,14,15,16). The lowest BCUT2D eigenvalue weighted by atomic mass is 10.4. The fourth-order valence-electron chi connectivity index (χ4n) is 1.40. The Bertz CT molecular complexity index is 500. The van der Waals surface area contributed by atoms with Crippen molar-refractivity contribution in [2.75, 3.05) is 23.7 Å². The summed E-state index contributed by atoms with van der Waals surface area (Å²) in [5.41, 5.74) is 0. The molecule has 2 heterocycles. The molecule has 0 spiro atoms. The lowest BCUT2D eigenvalue weighted by Gasteiger charge is -2.08. The number of hydrogen-bond donors (Lipinski definition) is 2. The van der Waals surface area contributed by atoms with Crippen molar-refractivity contribution in [2.45, 2.75) is 13.3 Å². The average Bonchev–Trinajstić information content (AvgIpc) is 2.74. The number of rotatable bonds is 5. The summed E-state index contributed by atoms with van der Waals surface area (Å²) in [5.74, 6) is 0.909. The number of aromatic nitrogens is 2. The van der Waals surface area contributed by atoms with Crippen molar-refractivity contribution in [3.63, 3.8) is 0 Å². The second-order valence-corrected chi connectivity index (χ2v) is 4.23. The van der Waals surface area contributed by atoms with Gasteiger partial charge in [0.2, 0.25) is 5.95 Å². The van der Waals surface area contributed by atoms with Gasteiger partial charge in [0.1, 0.15) is 10.6 Å². The molecule has 0 saturated heterocycles. The smallest absolute Gasteiger partial charge is 0.255 e. The Hall–Kier alpha value is -1.50. The molecule has 2 aromatic rings. The van der Waals surface area contributed by atoms with Crippen molar-refractivity contribution in [1.29, 1.82) is 0 Å². The molecule has 0 fully saturated rings. The van der Waals surface area contributed by atoms with Gasteiger partial charge < -0.3 is 10.6 Å². The zero-order chi connectivity index (χ0) is 12.3. The van der Waals surface area contributed by atoms with Crippen LogP contribution in [0.3, 0.4) is 0 Å². The minimum atomic E-state index is -2.40. The second-order valence-electron chi connectivity index (χ2n) is 3.34. The third-order valence-electron chi connectivity index (χ3n) is 2.08. The molecule has 7 heteroatoms. The molecule has 0 saturated carbocycles. The Balaban J connectivity index is 2.32. The van der Waals surface area contributed by atoms with Crippen LogP contribution in [0, 0.1) is 0 Å². The molecule has 2 N–H and O–H groups in total. The van der Waals surface area contributed by atoms with Gasteiger partial charge in [0.15, 0.2) is 0 Å². The van der Waals surface area contributed by atoms with Crippen LogP contribution in [0.2, 0.25) is 0 Å². The molecule has 0 aliphatic heterocycles. The molecule has 2 rings (SSSR count). The van der Waals surface area contributed by atoms with Crippen molar-refractivity contribution in [3.8, 4) is 0 Å². The highest BCUT2D eigenvalue weighted by Gasteiger charge is 2.10. The molecule has 0 amide bonds. The molecule has 4 nitrogen and oxygen atoms in total. The third kappa shape index (κ3) is 2.79. The fraction of sp³-hybridized carbons (Fsp3) is 0.400. The highest BCUT2D eigenvalue weighted by Crippen LogP contribution is 2.26. The third-order valence-corrected chi connectivity index (χ3v) is 2.89. The van der Waals surface area contributed by atoms with Gasteiger partial charge in [-0.05, 0) is 18.4 Å². The van der Waals surface area contributed by atoms with Gasteiger partial charge >= 0.3 is 0 Å². The predicted molar refractivity (Wildman–Crippen MR) is 66.1 cm³/mol. The van der Waals surface area contributed by atoms with E-state index in [1.807, 2.05) is 18.4 Å². The van der Waals surface area contributed by atoms with E-state index in [0.717, 1.165) is 10.2 Å². The van der Waals surface area contributed by atoms with Gasteiger partial charge in [-0.25, -0.2) is 13.8 Å². The first-order chi connectivity index (χ1) is 8.20. The van der Waals surface area contributed by atoms with E-state index in [9.17, 15) is 8.78 Å². The lowest BCUT2D eigenvalue weighted by molar-refractivity contribution is 0.163. The minimum Gasteiger partial charge on any atom is -0.364 e. The van der Waals surface area contributed by atoms with Crippen LogP contribution in [0.5, 0.6) is 0 Å². The monoisotopic (exact) mass is 258 g/mol. The molecule has 2 aromatic heterocycles. The Kier molecular flexibility index (Phi) is 3.68. The van der Waals surface area contributed by atoms with Crippen molar-refractivity contribution < 1.29 is 8.78 Å². The van der Waals surface area contributed by atoms with Gasteiger partial charge in [0, 0.05) is 6.54 Å². The number of hydrogen-bond acceptors (Lipinski definition) is 5. The van der Waals surface area contributed by atoms with Gasteiger partial charge in [-0.15, -0.1) is 11.3 Å². The largest absolute Gasteiger partial charge is 0.364 e. The zero-order valence-corrected chi connectivity index (χ0v) is 10.0. The van der Waals surface area contributed by atoms with Crippen LogP contribution in [0.1, 0.15) is 6.92 Å². The van der Waals surface area contributed by atoms with Crippen LogP contribution >= 0.6 is 11.3 Å². The molecule has 0 aliphatic rings. The molecule has 0 atom stereocenters. The maximum Gasteiger partial charge on any atom is 0.255 e. The Morgan fingerprint density at radius 1 is 1.35 bits per heavy atom. The Morgan fingerprint density at radius 3 is 2.88 bits per heavy atom. The number of anilines is 2. The maximum absolute atomic E-state index is 12.2. The summed E-state index contributed by atoms with van der Waals surface area (Å²) in [5, 5.41) is 8.25. The maximum atomic E-state index is 12.2. The molecule has 17 heavy (non-hydrogen) atoms. The molecule has 0 unspecified atom stereocenters. The summed E-state index contributed by atoms with van der Waals surface area (Å²) < 4.78 is 24.4. The van der Waals surface area contributed by atoms with Gasteiger partial charge in [0.25, 0.3) is 6.43 Å².